The summed E-state index contributed by atoms with van der Waals surface area (Å²) >= 11 is 0. The fourth-order valence-corrected chi connectivity index (χ4v) is 3.57. The summed E-state index contributed by atoms with van der Waals surface area (Å²) in [5.41, 5.74) is 1.14. The van der Waals surface area contributed by atoms with E-state index < -0.39 is 0 Å². The van der Waals surface area contributed by atoms with Gasteiger partial charge in [0.1, 0.15) is 0 Å². The molecule has 0 aromatic carbocycles. The molecule has 0 spiro atoms. The number of likely N-dealkylation sites (tertiary alicyclic amines) is 1. The zero-order valence-electron chi connectivity index (χ0n) is 14.7. The third kappa shape index (κ3) is 4.38. The van der Waals surface area contributed by atoms with Crippen molar-refractivity contribution in [3.63, 3.8) is 0 Å². The van der Waals surface area contributed by atoms with Gasteiger partial charge in [0.25, 0.3) is 0 Å². The first kappa shape index (κ1) is 17.0. The molecule has 24 heavy (non-hydrogen) atoms. The largest absolute Gasteiger partial charge is 0.367 e. The van der Waals surface area contributed by atoms with Crippen LogP contribution in [0.3, 0.4) is 0 Å². The van der Waals surface area contributed by atoms with Gasteiger partial charge >= 0.3 is 6.03 Å². The first-order valence-electron chi connectivity index (χ1n) is 9.16. The van der Waals surface area contributed by atoms with E-state index in [0.717, 1.165) is 44.8 Å². The van der Waals surface area contributed by atoms with Crippen molar-refractivity contribution in [2.45, 2.75) is 32.2 Å². The van der Waals surface area contributed by atoms with Crippen molar-refractivity contribution < 1.29 is 4.79 Å². The zero-order chi connectivity index (χ0) is 16.8. The predicted molar refractivity (Wildman–Crippen MR) is 96.3 cm³/mol. The highest BCUT2D eigenvalue weighted by molar-refractivity contribution is 5.74. The number of anilines is 1. The zero-order valence-corrected chi connectivity index (χ0v) is 14.7. The molecule has 6 heteroatoms. The lowest BCUT2D eigenvalue weighted by atomic mass is 10.2. The molecule has 1 aromatic heterocycles. The lowest BCUT2D eigenvalue weighted by Crippen LogP contribution is -2.52. The van der Waals surface area contributed by atoms with E-state index in [9.17, 15) is 4.79 Å². The highest BCUT2D eigenvalue weighted by Crippen LogP contribution is 2.15. The van der Waals surface area contributed by atoms with Crippen LogP contribution in [0.2, 0.25) is 0 Å². The van der Waals surface area contributed by atoms with E-state index >= 15 is 0 Å². The van der Waals surface area contributed by atoms with E-state index in [1.165, 1.54) is 25.9 Å². The molecule has 1 atom stereocenters. The van der Waals surface area contributed by atoms with Crippen LogP contribution in [0.4, 0.5) is 10.5 Å². The van der Waals surface area contributed by atoms with Crippen LogP contribution < -0.4 is 10.2 Å². The van der Waals surface area contributed by atoms with E-state index in [1.807, 2.05) is 17.2 Å². The summed E-state index contributed by atoms with van der Waals surface area (Å²) in [5, 5.41) is 3.09. The number of rotatable bonds is 5. The summed E-state index contributed by atoms with van der Waals surface area (Å²) in [4.78, 5) is 23.2. The summed E-state index contributed by atoms with van der Waals surface area (Å²) in [6, 6.07) is 4.67. The van der Waals surface area contributed by atoms with Gasteiger partial charge in [-0.1, -0.05) is 0 Å². The van der Waals surface area contributed by atoms with Crippen molar-refractivity contribution in [3.8, 4) is 0 Å². The molecule has 6 nitrogen and oxygen atoms in total. The van der Waals surface area contributed by atoms with Gasteiger partial charge < -0.3 is 20.0 Å². The number of hydrogen-bond acceptors (Lipinski definition) is 4. The molecule has 3 rings (SSSR count). The van der Waals surface area contributed by atoms with Gasteiger partial charge in [0.15, 0.2) is 0 Å². The van der Waals surface area contributed by atoms with Crippen molar-refractivity contribution in [3.05, 3.63) is 24.5 Å². The molecule has 0 bridgehead atoms. The maximum absolute atomic E-state index is 12.3. The Morgan fingerprint density at radius 2 is 1.96 bits per heavy atom. The average Bonchev–Trinajstić information content (AvgIpc) is 3.17. The van der Waals surface area contributed by atoms with Crippen LogP contribution in [0.1, 0.15) is 26.2 Å². The van der Waals surface area contributed by atoms with Crippen molar-refractivity contribution in [1.82, 2.24) is 20.1 Å². The standard InChI is InChI=1S/C18H29N5O/c1-16(21-9-2-3-10-21)6-8-20-18(24)23-13-11-22(12-14-23)17-5-4-7-19-15-17/h4-5,7,15-16H,2-3,6,8-14H2,1H3,(H,20,24)/t16-/m0/s1. The second-order valence-corrected chi connectivity index (χ2v) is 6.80. The lowest BCUT2D eigenvalue weighted by molar-refractivity contribution is 0.191. The van der Waals surface area contributed by atoms with E-state index in [4.69, 9.17) is 0 Å². The lowest BCUT2D eigenvalue weighted by Gasteiger charge is -2.36. The van der Waals surface area contributed by atoms with Crippen molar-refractivity contribution in [2.24, 2.45) is 0 Å². The Labute approximate surface area is 144 Å². The number of urea groups is 1. The monoisotopic (exact) mass is 331 g/mol. The van der Waals surface area contributed by atoms with Gasteiger partial charge in [0.05, 0.1) is 11.9 Å². The Bertz CT molecular complexity index is 509. The van der Waals surface area contributed by atoms with Crippen molar-refractivity contribution in [2.75, 3.05) is 50.7 Å². The second kappa shape index (κ2) is 8.33. The Balaban J connectivity index is 1.36. The molecule has 2 aliphatic heterocycles. The molecular formula is C18H29N5O. The van der Waals surface area contributed by atoms with Gasteiger partial charge in [-0.2, -0.15) is 0 Å². The average molecular weight is 331 g/mol. The number of aromatic nitrogens is 1. The van der Waals surface area contributed by atoms with E-state index in [1.54, 1.807) is 6.20 Å². The van der Waals surface area contributed by atoms with Crippen molar-refractivity contribution >= 4 is 11.7 Å². The van der Waals surface area contributed by atoms with Crippen LogP contribution in [0.25, 0.3) is 0 Å². The summed E-state index contributed by atoms with van der Waals surface area (Å²) in [5.74, 6) is 0. The number of nitrogens with one attached hydrogen (secondary N) is 1. The molecule has 132 valence electrons. The summed E-state index contributed by atoms with van der Waals surface area (Å²) < 4.78 is 0. The van der Waals surface area contributed by atoms with Gasteiger partial charge in [-0.25, -0.2) is 4.79 Å². The van der Waals surface area contributed by atoms with E-state index in [2.05, 4.69) is 33.1 Å². The number of piperazine rings is 1. The number of amides is 2. The Morgan fingerprint density at radius 1 is 1.21 bits per heavy atom. The minimum atomic E-state index is 0.0782. The predicted octanol–water partition coefficient (Wildman–Crippen LogP) is 1.79. The molecular weight excluding hydrogens is 302 g/mol. The fourth-order valence-electron chi connectivity index (χ4n) is 3.57. The number of pyridine rings is 1. The summed E-state index contributed by atoms with van der Waals surface area (Å²) in [7, 11) is 0. The van der Waals surface area contributed by atoms with E-state index in [0.29, 0.717) is 6.04 Å². The highest BCUT2D eigenvalue weighted by atomic mass is 16.2. The third-order valence-electron chi connectivity index (χ3n) is 5.18. The normalized spacial score (nSPS) is 20.2. The van der Waals surface area contributed by atoms with Gasteiger partial charge in [0.2, 0.25) is 0 Å². The maximum atomic E-state index is 12.3. The minimum Gasteiger partial charge on any atom is -0.367 e. The molecule has 3 heterocycles. The smallest absolute Gasteiger partial charge is 0.317 e. The molecule has 0 radical (unpaired) electrons. The van der Waals surface area contributed by atoms with Gasteiger partial charge in [0, 0.05) is 45.0 Å². The maximum Gasteiger partial charge on any atom is 0.317 e. The topological polar surface area (TPSA) is 51.7 Å². The molecule has 1 N–H and O–H groups in total. The second-order valence-electron chi connectivity index (χ2n) is 6.80. The Kier molecular flexibility index (Phi) is 5.91. The SMILES string of the molecule is C[C@@H](CCNC(=O)N1CCN(c2cccnc2)CC1)N1CCCC1. The molecule has 1 aromatic rings. The Morgan fingerprint density at radius 3 is 2.62 bits per heavy atom. The molecule has 2 saturated heterocycles. The number of carbonyl (C=O) groups is 1. The number of carbonyl (C=O) groups excluding carboxylic acids is 1. The molecule has 0 saturated carbocycles. The van der Waals surface area contributed by atoms with Gasteiger partial charge in [-0.05, 0) is 51.4 Å². The number of nitrogens with zero attached hydrogens (tertiary/aromatic N) is 4. The van der Waals surface area contributed by atoms with Crippen LogP contribution in [0, 0.1) is 0 Å². The molecule has 0 aliphatic carbocycles. The molecule has 2 fully saturated rings. The molecule has 2 aliphatic rings. The van der Waals surface area contributed by atoms with Gasteiger partial charge in [-0.15, -0.1) is 0 Å². The Hall–Kier alpha value is -1.82. The quantitative estimate of drug-likeness (QED) is 0.894. The number of hydrogen-bond donors (Lipinski definition) is 1. The molecule has 0 unspecified atom stereocenters. The van der Waals surface area contributed by atoms with Crippen LogP contribution in [-0.4, -0.2) is 72.7 Å². The summed E-state index contributed by atoms with van der Waals surface area (Å²) in [6.45, 7) is 8.72. The molecule has 2 amide bonds. The van der Waals surface area contributed by atoms with Crippen LogP contribution >= 0.6 is 0 Å². The first-order chi connectivity index (χ1) is 11.7. The van der Waals surface area contributed by atoms with Crippen LogP contribution in [0.5, 0.6) is 0 Å². The van der Waals surface area contributed by atoms with Gasteiger partial charge in [-0.3, -0.25) is 4.98 Å². The third-order valence-corrected chi connectivity index (χ3v) is 5.18. The van der Waals surface area contributed by atoms with Crippen LogP contribution in [0.15, 0.2) is 24.5 Å². The minimum absolute atomic E-state index is 0.0782. The first-order valence-corrected chi connectivity index (χ1v) is 9.16. The van der Waals surface area contributed by atoms with Crippen LogP contribution in [-0.2, 0) is 0 Å². The van der Waals surface area contributed by atoms with E-state index in [-0.39, 0.29) is 6.03 Å². The van der Waals surface area contributed by atoms with Crippen molar-refractivity contribution in [1.29, 1.82) is 0 Å². The summed E-state index contributed by atoms with van der Waals surface area (Å²) in [6.07, 6.45) is 7.34. The highest BCUT2D eigenvalue weighted by Gasteiger charge is 2.22. The fraction of sp³-hybridized carbons (Fsp3) is 0.667.